The van der Waals surface area contributed by atoms with Crippen LogP contribution in [0.1, 0.15) is 56.6 Å². The molecule has 0 unspecified atom stereocenters. The smallest absolute Gasteiger partial charge is 0.353 e. The Morgan fingerprint density at radius 2 is 1.92 bits per heavy atom. The van der Waals surface area contributed by atoms with Crippen molar-refractivity contribution in [2.24, 2.45) is 0 Å². The zero-order chi connectivity index (χ0) is 16.5. The van der Waals surface area contributed by atoms with E-state index >= 15 is 0 Å². The van der Waals surface area contributed by atoms with Crippen molar-refractivity contribution in [3.05, 3.63) is 17.5 Å². The minimum atomic E-state index is -0.0368. The lowest BCUT2D eigenvalue weighted by molar-refractivity contribution is -0.676. The molecule has 1 aliphatic carbocycles. The number of nitrogens with zero attached hydrogens (tertiary/aromatic N) is 5. The Labute approximate surface area is 141 Å². The number of aromatic nitrogens is 4. The number of carbonyl (C=O) groups is 1. The van der Waals surface area contributed by atoms with E-state index in [4.69, 9.17) is 5.10 Å². The first-order chi connectivity index (χ1) is 11.8. The molecule has 2 aromatic rings. The fraction of sp³-hybridized carbons (Fsp3) is 0.647. The number of hydrogen-bond donors (Lipinski definition) is 1. The van der Waals surface area contributed by atoms with Gasteiger partial charge in [0.2, 0.25) is 0 Å². The Morgan fingerprint density at radius 1 is 1.17 bits per heavy atom. The molecule has 0 saturated carbocycles. The van der Waals surface area contributed by atoms with Crippen LogP contribution in [-0.4, -0.2) is 33.7 Å². The van der Waals surface area contributed by atoms with Crippen molar-refractivity contribution >= 4 is 17.4 Å². The van der Waals surface area contributed by atoms with Crippen LogP contribution in [0.25, 0.3) is 5.65 Å². The van der Waals surface area contributed by atoms with Crippen LogP contribution in [0.15, 0.2) is 6.33 Å². The Kier molecular flexibility index (Phi) is 4.08. The molecular formula is C17H25N6O+. The molecule has 0 atom stereocenters. The van der Waals surface area contributed by atoms with Crippen molar-refractivity contribution in [2.45, 2.75) is 58.3 Å². The zero-order valence-corrected chi connectivity index (χ0v) is 14.3. The van der Waals surface area contributed by atoms with Crippen LogP contribution in [0.4, 0.5) is 5.82 Å². The van der Waals surface area contributed by atoms with Crippen molar-refractivity contribution in [1.29, 1.82) is 0 Å². The standard InChI is InChI=1S/C17H24N6O/c1-2-15(24)19-23-17-14-9-5-4-8-13(14)16(20-22(17)12-18-23)21-10-6-3-7-11-21/h12H,2-11H2,1H3/p+1. The predicted octanol–water partition coefficient (Wildman–Crippen LogP) is 1.37. The summed E-state index contributed by atoms with van der Waals surface area (Å²) in [6.07, 6.45) is 10.4. The van der Waals surface area contributed by atoms with E-state index in [9.17, 15) is 4.79 Å². The summed E-state index contributed by atoms with van der Waals surface area (Å²) < 4.78 is 1.84. The van der Waals surface area contributed by atoms with Crippen molar-refractivity contribution < 1.29 is 9.59 Å². The van der Waals surface area contributed by atoms with Crippen molar-refractivity contribution in [3.8, 4) is 0 Å². The molecule has 0 bridgehead atoms. The summed E-state index contributed by atoms with van der Waals surface area (Å²) in [5.74, 6) is 1.09. The first-order valence-electron chi connectivity index (χ1n) is 9.14. The van der Waals surface area contributed by atoms with Crippen LogP contribution in [0.2, 0.25) is 0 Å². The van der Waals surface area contributed by atoms with E-state index in [1.807, 2.05) is 11.4 Å². The van der Waals surface area contributed by atoms with Gasteiger partial charge >= 0.3 is 5.65 Å². The third kappa shape index (κ3) is 2.61. The van der Waals surface area contributed by atoms with Crippen molar-refractivity contribution in [1.82, 2.24) is 14.7 Å². The van der Waals surface area contributed by atoms with Gasteiger partial charge in [-0.3, -0.25) is 4.79 Å². The molecule has 1 amide bonds. The van der Waals surface area contributed by atoms with Crippen molar-refractivity contribution in [2.75, 3.05) is 23.4 Å². The Bertz CT molecular complexity index is 762. The van der Waals surface area contributed by atoms with Gasteiger partial charge in [0.05, 0.1) is 5.56 Å². The second-order valence-corrected chi connectivity index (χ2v) is 6.73. The number of rotatable bonds is 3. The highest BCUT2D eigenvalue weighted by atomic mass is 16.2. The summed E-state index contributed by atoms with van der Waals surface area (Å²) in [6.45, 7) is 4.02. The van der Waals surface area contributed by atoms with E-state index < -0.39 is 0 Å². The SMILES string of the molecule is CCC(=O)N[n+]1ncn2nc(N3CCCCC3)c3c(c21)CCCC3. The number of fused-ring (bicyclic) bond motifs is 3. The maximum Gasteiger partial charge on any atom is 0.358 e. The number of anilines is 1. The molecule has 1 aliphatic heterocycles. The number of piperidine rings is 1. The molecule has 7 nitrogen and oxygen atoms in total. The molecule has 0 radical (unpaired) electrons. The zero-order valence-electron chi connectivity index (χ0n) is 14.3. The van der Waals surface area contributed by atoms with Crippen LogP contribution in [0, 0.1) is 0 Å². The number of aryl methyl sites for hydroxylation is 1. The van der Waals surface area contributed by atoms with E-state index in [1.165, 1.54) is 43.2 Å². The normalized spacial score (nSPS) is 17.8. The highest BCUT2D eigenvalue weighted by Crippen LogP contribution is 2.31. The largest absolute Gasteiger partial charge is 0.358 e. The van der Waals surface area contributed by atoms with E-state index in [0.29, 0.717) is 6.42 Å². The van der Waals surface area contributed by atoms with Crippen LogP contribution < -0.4 is 15.1 Å². The molecule has 1 fully saturated rings. The minimum Gasteiger partial charge on any atom is -0.353 e. The third-order valence-corrected chi connectivity index (χ3v) is 5.11. The van der Waals surface area contributed by atoms with Gasteiger partial charge in [0.15, 0.2) is 5.82 Å². The van der Waals surface area contributed by atoms with E-state index in [-0.39, 0.29) is 5.91 Å². The summed E-state index contributed by atoms with van der Waals surface area (Å²) >= 11 is 0. The van der Waals surface area contributed by atoms with Gasteiger partial charge in [-0.15, -0.1) is 0 Å². The van der Waals surface area contributed by atoms with Gasteiger partial charge in [-0.1, -0.05) is 16.5 Å². The number of carbonyl (C=O) groups excluding carboxylic acids is 1. The number of amides is 1. The van der Waals surface area contributed by atoms with Crippen molar-refractivity contribution in [3.63, 3.8) is 0 Å². The Balaban J connectivity index is 1.83. The third-order valence-electron chi connectivity index (χ3n) is 5.11. The highest BCUT2D eigenvalue weighted by molar-refractivity contribution is 5.81. The molecule has 7 heteroatoms. The van der Waals surface area contributed by atoms with Crippen LogP contribution in [0.3, 0.4) is 0 Å². The van der Waals surface area contributed by atoms with Crippen LogP contribution in [-0.2, 0) is 17.6 Å². The quantitative estimate of drug-likeness (QED) is 0.864. The molecule has 2 aromatic heterocycles. The van der Waals surface area contributed by atoms with E-state index in [1.54, 1.807) is 11.1 Å². The minimum absolute atomic E-state index is 0.0368. The first-order valence-corrected chi connectivity index (χ1v) is 9.14. The van der Waals surface area contributed by atoms with Gasteiger partial charge in [0, 0.05) is 25.1 Å². The molecule has 1 saturated heterocycles. The summed E-state index contributed by atoms with van der Waals surface area (Å²) in [5, 5.41) is 9.22. The van der Waals surface area contributed by atoms with Crippen LogP contribution in [0.5, 0.6) is 0 Å². The summed E-state index contributed by atoms with van der Waals surface area (Å²) in [5.41, 5.74) is 6.42. The van der Waals surface area contributed by atoms with Gasteiger partial charge in [-0.05, 0) is 54.8 Å². The number of hydrogen-bond acceptors (Lipinski definition) is 4. The lowest BCUT2D eigenvalue weighted by atomic mass is 9.92. The monoisotopic (exact) mass is 329 g/mol. The highest BCUT2D eigenvalue weighted by Gasteiger charge is 2.30. The van der Waals surface area contributed by atoms with Gasteiger partial charge in [0.25, 0.3) is 12.2 Å². The fourth-order valence-corrected chi connectivity index (χ4v) is 3.85. The molecule has 1 N–H and O–H groups in total. The fourth-order valence-electron chi connectivity index (χ4n) is 3.85. The van der Waals surface area contributed by atoms with Gasteiger partial charge in [0.1, 0.15) is 0 Å². The molecule has 0 aromatic carbocycles. The molecule has 0 spiro atoms. The van der Waals surface area contributed by atoms with E-state index in [2.05, 4.69) is 15.4 Å². The van der Waals surface area contributed by atoms with E-state index in [0.717, 1.165) is 37.4 Å². The molecule has 24 heavy (non-hydrogen) atoms. The summed E-state index contributed by atoms with van der Waals surface area (Å²) in [6, 6.07) is 0. The Hall–Kier alpha value is -2.18. The lowest BCUT2D eigenvalue weighted by Crippen LogP contribution is -2.51. The van der Waals surface area contributed by atoms with Gasteiger partial charge in [-0.2, -0.15) is 5.43 Å². The predicted molar refractivity (Wildman–Crippen MR) is 90.5 cm³/mol. The van der Waals surface area contributed by atoms with Gasteiger partial charge < -0.3 is 4.90 Å². The lowest BCUT2D eigenvalue weighted by Gasteiger charge is -2.30. The number of nitrogens with one attached hydrogen (secondary N) is 1. The summed E-state index contributed by atoms with van der Waals surface area (Å²) in [4.78, 5) is 15.8. The Morgan fingerprint density at radius 3 is 2.67 bits per heavy atom. The molecular weight excluding hydrogens is 304 g/mol. The second kappa shape index (κ2) is 6.37. The topological polar surface area (TPSA) is 66.4 Å². The first kappa shape index (κ1) is 15.4. The average Bonchev–Trinajstić information content (AvgIpc) is 3.04. The molecule has 128 valence electrons. The molecule has 2 aliphatic rings. The second-order valence-electron chi connectivity index (χ2n) is 6.73. The maximum atomic E-state index is 11.8. The molecule has 3 heterocycles. The van der Waals surface area contributed by atoms with Gasteiger partial charge in [-0.25, -0.2) is 0 Å². The summed E-state index contributed by atoms with van der Waals surface area (Å²) in [7, 11) is 0. The molecule has 4 rings (SSSR count). The maximum absolute atomic E-state index is 11.8. The average molecular weight is 329 g/mol. The van der Waals surface area contributed by atoms with Crippen LogP contribution >= 0.6 is 0 Å².